The summed E-state index contributed by atoms with van der Waals surface area (Å²) in [4.78, 5) is 14.5. The monoisotopic (exact) mass is 198 g/mol. The molecule has 0 saturated heterocycles. The molecule has 2 N–H and O–H groups in total. The molecule has 0 saturated carbocycles. The first kappa shape index (κ1) is 9.54. The Morgan fingerprint density at radius 3 is 2.54 bits per heavy atom. The molecule has 13 heavy (non-hydrogen) atoms. The zero-order valence-electron chi connectivity index (χ0n) is 6.61. The van der Waals surface area contributed by atoms with Crippen molar-refractivity contribution < 1.29 is 9.08 Å². The molecule has 0 heterocycles. The molecular weight excluding hydrogens is 192 g/mol. The second kappa shape index (κ2) is 4.47. The van der Waals surface area contributed by atoms with Crippen LogP contribution in [0.15, 0.2) is 35.3 Å². The first-order valence-electron chi connectivity index (χ1n) is 3.46. The average molecular weight is 199 g/mol. The number of amidine groups is 1. The quantitative estimate of drug-likeness (QED) is 0.548. The Labute approximate surface area is 80.1 Å². The van der Waals surface area contributed by atoms with Gasteiger partial charge in [-0.15, -0.1) is 0 Å². The van der Waals surface area contributed by atoms with Crippen molar-refractivity contribution in [2.45, 2.75) is 0 Å². The van der Waals surface area contributed by atoms with E-state index in [1.165, 1.54) is 0 Å². The number of hydrogen-bond acceptors (Lipinski definition) is 3. The van der Waals surface area contributed by atoms with Gasteiger partial charge in [0, 0.05) is 0 Å². The van der Waals surface area contributed by atoms with Crippen LogP contribution in [0.3, 0.4) is 0 Å². The number of benzene rings is 1. The SMILES string of the molecule is NC(=Nc1ccccc1)C(=O)OCl. The minimum Gasteiger partial charge on any atom is -0.378 e. The van der Waals surface area contributed by atoms with Crippen LogP contribution in [0.4, 0.5) is 5.69 Å². The smallest absolute Gasteiger partial charge is 0.378 e. The maximum atomic E-state index is 10.7. The van der Waals surface area contributed by atoms with E-state index in [-0.39, 0.29) is 5.84 Å². The largest absolute Gasteiger partial charge is 0.391 e. The molecule has 4 nitrogen and oxygen atoms in total. The zero-order chi connectivity index (χ0) is 9.68. The number of para-hydroxylation sites is 1. The number of nitrogens with two attached hydrogens (primary N) is 1. The average Bonchev–Trinajstić information content (AvgIpc) is 2.18. The Morgan fingerprint density at radius 1 is 1.38 bits per heavy atom. The van der Waals surface area contributed by atoms with Gasteiger partial charge in [0.25, 0.3) is 0 Å². The lowest BCUT2D eigenvalue weighted by molar-refractivity contribution is -0.126. The van der Waals surface area contributed by atoms with Crippen LogP contribution in [0, 0.1) is 0 Å². The molecule has 1 rings (SSSR count). The summed E-state index contributed by atoms with van der Waals surface area (Å²) in [6.45, 7) is 0. The van der Waals surface area contributed by atoms with Crippen LogP contribution in [-0.4, -0.2) is 11.8 Å². The predicted octanol–water partition coefficient (Wildman–Crippen LogP) is 1.37. The number of carbonyl (C=O) groups excluding carboxylic acids is 1. The summed E-state index contributed by atoms with van der Waals surface area (Å²) in [5, 5.41) is 0. The summed E-state index contributed by atoms with van der Waals surface area (Å²) in [5.41, 5.74) is 5.82. The maximum absolute atomic E-state index is 10.7. The van der Waals surface area contributed by atoms with Crippen molar-refractivity contribution in [3.05, 3.63) is 30.3 Å². The lowest BCUT2D eigenvalue weighted by atomic mass is 10.3. The third-order valence-corrected chi connectivity index (χ3v) is 1.43. The Hall–Kier alpha value is -1.55. The molecule has 0 atom stereocenters. The van der Waals surface area contributed by atoms with E-state index in [1.54, 1.807) is 24.3 Å². The van der Waals surface area contributed by atoms with Crippen LogP contribution in [-0.2, 0) is 9.08 Å². The molecule has 0 amide bonds. The summed E-state index contributed by atoms with van der Waals surface area (Å²) < 4.78 is 3.86. The summed E-state index contributed by atoms with van der Waals surface area (Å²) in [6, 6.07) is 8.79. The van der Waals surface area contributed by atoms with Gasteiger partial charge >= 0.3 is 5.97 Å². The van der Waals surface area contributed by atoms with Crippen molar-refractivity contribution in [3.63, 3.8) is 0 Å². The van der Waals surface area contributed by atoms with E-state index >= 15 is 0 Å². The van der Waals surface area contributed by atoms with Gasteiger partial charge in [0.05, 0.1) is 5.69 Å². The van der Waals surface area contributed by atoms with E-state index < -0.39 is 5.97 Å². The number of aliphatic imine (C=N–C) groups is 1. The van der Waals surface area contributed by atoms with Crippen LogP contribution in [0.1, 0.15) is 0 Å². The van der Waals surface area contributed by atoms with Crippen molar-refractivity contribution in [1.29, 1.82) is 0 Å². The van der Waals surface area contributed by atoms with Gasteiger partial charge in [-0.25, -0.2) is 9.79 Å². The highest BCUT2D eigenvalue weighted by Crippen LogP contribution is 2.09. The minimum atomic E-state index is -0.856. The van der Waals surface area contributed by atoms with Gasteiger partial charge < -0.3 is 10.0 Å². The van der Waals surface area contributed by atoms with Crippen LogP contribution in [0.25, 0.3) is 0 Å². The third kappa shape index (κ3) is 2.76. The molecule has 0 fully saturated rings. The highest BCUT2D eigenvalue weighted by molar-refractivity contribution is 6.39. The zero-order valence-corrected chi connectivity index (χ0v) is 7.36. The van der Waals surface area contributed by atoms with E-state index in [9.17, 15) is 4.79 Å². The highest BCUT2D eigenvalue weighted by atomic mass is 35.5. The number of rotatable bonds is 1. The van der Waals surface area contributed by atoms with Crippen molar-refractivity contribution in [2.75, 3.05) is 0 Å². The molecule has 0 aliphatic carbocycles. The molecule has 0 spiro atoms. The highest BCUT2D eigenvalue weighted by Gasteiger charge is 2.06. The number of carbonyl (C=O) groups is 1. The Balaban J connectivity index is 2.83. The fourth-order valence-electron chi connectivity index (χ4n) is 0.727. The molecule has 0 aromatic heterocycles. The molecule has 68 valence electrons. The molecule has 0 aliphatic rings. The molecule has 0 bridgehead atoms. The predicted molar refractivity (Wildman–Crippen MR) is 49.7 cm³/mol. The van der Waals surface area contributed by atoms with Crippen molar-refractivity contribution >= 4 is 29.4 Å². The summed E-state index contributed by atoms with van der Waals surface area (Å²) in [5.74, 6) is -1.13. The Morgan fingerprint density at radius 2 is 2.00 bits per heavy atom. The second-order valence-corrected chi connectivity index (χ2v) is 2.35. The summed E-state index contributed by atoms with van der Waals surface area (Å²) in [7, 11) is 0. The van der Waals surface area contributed by atoms with Gasteiger partial charge in [-0.2, -0.15) is 0 Å². The lowest BCUT2D eigenvalue weighted by Crippen LogP contribution is -2.23. The maximum Gasteiger partial charge on any atom is 0.391 e. The second-order valence-electron chi connectivity index (χ2n) is 2.20. The number of nitrogens with zero attached hydrogens (tertiary/aromatic N) is 1. The van der Waals surface area contributed by atoms with E-state index in [0.717, 1.165) is 0 Å². The van der Waals surface area contributed by atoms with Crippen molar-refractivity contribution in [1.82, 2.24) is 0 Å². The molecule has 0 radical (unpaired) electrons. The fourth-order valence-corrected chi connectivity index (χ4v) is 0.806. The first-order valence-corrected chi connectivity index (χ1v) is 3.77. The third-order valence-electron chi connectivity index (χ3n) is 1.28. The van der Waals surface area contributed by atoms with Gasteiger partial charge in [0.1, 0.15) is 11.9 Å². The molecule has 0 unspecified atom stereocenters. The van der Waals surface area contributed by atoms with Gasteiger partial charge in [-0.3, -0.25) is 0 Å². The van der Waals surface area contributed by atoms with Crippen LogP contribution < -0.4 is 5.73 Å². The number of hydrogen-bond donors (Lipinski definition) is 1. The molecule has 1 aromatic rings. The minimum absolute atomic E-state index is 0.277. The molecular formula is C8H7ClN2O2. The van der Waals surface area contributed by atoms with Gasteiger partial charge in [0.15, 0.2) is 0 Å². The Kier molecular flexibility index (Phi) is 3.28. The lowest BCUT2D eigenvalue weighted by Gasteiger charge is -1.95. The normalized spacial score (nSPS) is 11.0. The van der Waals surface area contributed by atoms with Crippen LogP contribution in [0.2, 0.25) is 0 Å². The Bertz CT molecular complexity index is 324. The fraction of sp³-hybridized carbons (Fsp3) is 0. The number of halogens is 1. The standard InChI is InChI=1S/C8H7ClN2O2/c9-13-8(12)7(10)11-6-4-2-1-3-5-6/h1-5H,(H2,10,11). The van der Waals surface area contributed by atoms with Crippen molar-refractivity contribution in [2.24, 2.45) is 10.7 Å². The van der Waals surface area contributed by atoms with E-state index in [1.807, 2.05) is 6.07 Å². The van der Waals surface area contributed by atoms with Gasteiger partial charge in [-0.1, -0.05) is 18.2 Å². The van der Waals surface area contributed by atoms with Gasteiger partial charge in [-0.05, 0) is 12.1 Å². The molecule has 0 aliphatic heterocycles. The van der Waals surface area contributed by atoms with E-state index in [2.05, 4.69) is 9.28 Å². The van der Waals surface area contributed by atoms with Crippen molar-refractivity contribution in [3.8, 4) is 0 Å². The molecule has 1 aromatic carbocycles. The van der Waals surface area contributed by atoms with E-state index in [4.69, 9.17) is 17.6 Å². The molecule has 5 heteroatoms. The van der Waals surface area contributed by atoms with Crippen LogP contribution in [0.5, 0.6) is 0 Å². The first-order chi connectivity index (χ1) is 6.24. The van der Waals surface area contributed by atoms with Gasteiger partial charge in [0.2, 0.25) is 5.84 Å². The summed E-state index contributed by atoms with van der Waals surface area (Å²) >= 11 is 4.80. The topological polar surface area (TPSA) is 64.7 Å². The van der Waals surface area contributed by atoms with E-state index in [0.29, 0.717) is 5.69 Å². The summed E-state index contributed by atoms with van der Waals surface area (Å²) in [6.07, 6.45) is 0. The van der Waals surface area contributed by atoms with Crippen LogP contribution >= 0.6 is 11.9 Å².